The molecule has 0 fully saturated rings. The molecule has 3 aromatic carbocycles. The summed E-state index contributed by atoms with van der Waals surface area (Å²) in [5.74, 6) is 0. The highest BCUT2D eigenvalue weighted by atomic mass is 32.1. The van der Waals surface area contributed by atoms with Gasteiger partial charge in [-0.1, -0.05) is 48.5 Å². The molecular formula is C31H20N2S2. The summed E-state index contributed by atoms with van der Waals surface area (Å²) in [4.78, 5) is 2.59. The summed E-state index contributed by atoms with van der Waals surface area (Å²) in [6.45, 7) is 0. The third-order valence-electron chi connectivity index (χ3n) is 7.37. The minimum Gasteiger partial charge on any atom is -0.365 e. The predicted molar refractivity (Wildman–Crippen MR) is 148 cm³/mol. The lowest BCUT2D eigenvalue weighted by atomic mass is 9.81. The normalized spacial score (nSPS) is 14.2. The van der Waals surface area contributed by atoms with Crippen molar-refractivity contribution in [2.75, 3.05) is 5.32 Å². The van der Waals surface area contributed by atoms with E-state index in [9.17, 15) is 0 Å². The second-order valence-corrected chi connectivity index (χ2v) is 11.0. The van der Waals surface area contributed by atoms with Crippen LogP contribution < -0.4 is 5.32 Å². The third-order valence-corrected chi connectivity index (χ3v) is 9.21. The van der Waals surface area contributed by atoms with E-state index < -0.39 is 5.54 Å². The molecule has 0 unspecified atom stereocenters. The van der Waals surface area contributed by atoms with E-state index in [1.807, 2.05) is 0 Å². The van der Waals surface area contributed by atoms with Crippen molar-refractivity contribution < 1.29 is 0 Å². The zero-order valence-electron chi connectivity index (χ0n) is 18.7. The molecule has 1 aliphatic heterocycles. The second kappa shape index (κ2) is 7.08. The van der Waals surface area contributed by atoms with Gasteiger partial charge in [-0.25, -0.2) is 0 Å². The number of nitrogens with one attached hydrogen (secondary N) is 1. The number of anilines is 1. The molecule has 1 N–H and O–H groups in total. The molecule has 0 bridgehead atoms. The molecule has 35 heavy (non-hydrogen) atoms. The fourth-order valence-corrected chi connectivity index (χ4v) is 7.33. The van der Waals surface area contributed by atoms with Gasteiger partial charge in [0.1, 0.15) is 5.54 Å². The highest BCUT2D eigenvalue weighted by Crippen LogP contribution is 2.56. The topological polar surface area (TPSA) is 17.0 Å². The maximum atomic E-state index is 4.06. The van der Waals surface area contributed by atoms with E-state index in [0.29, 0.717) is 0 Å². The van der Waals surface area contributed by atoms with Crippen molar-refractivity contribution in [2.24, 2.45) is 0 Å². The van der Waals surface area contributed by atoms with Gasteiger partial charge in [-0.2, -0.15) is 0 Å². The van der Waals surface area contributed by atoms with Crippen LogP contribution in [0.5, 0.6) is 0 Å². The molecule has 166 valence electrons. The summed E-state index contributed by atoms with van der Waals surface area (Å²) in [5.41, 5.74) is 10.9. The average Bonchev–Trinajstić information content (AvgIpc) is 3.72. The van der Waals surface area contributed by atoms with Gasteiger partial charge < -0.3 is 9.88 Å². The zero-order valence-corrected chi connectivity index (χ0v) is 20.4. The van der Waals surface area contributed by atoms with Gasteiger partial charge in [0, 0.05) is 16.0 Å². The standard InChI is InChI=1S/C31H20N2S2/c1-2-7-27-26(6-1)32-31(30-10-3-15-33(27)30)24-18-20(28-8-4-16-34-28)11-13-22(24)23-14-12-21(19-25(23)31)29-9-5-17-35-29/h1-19,32H. The van der Waals surface area contributed by atoms with Crippen LogP contribution in [-0.2, 0) is 5.54 Å². The van der Waals surface area contributed by atoms with Crippen LogP contribution >= 0.6 is 22.7 Å². The Morgan fingerprint density at radius 1 is 0.629 bits per heavy atom. The molecule has 6 aromatic rings. The number of hydrogen-bond acceptors (Lipinski definition) is 3. The van der Waals surface area contributed by atoms with Crippen molar-refractivity contribution in [1.29, 1.82) is 0 Å². The summed E-state index contributed by atoms with van der Waals surface area (Å²) < 4.78 is 2.36. The molecule has 0 amide bonds. The quantitative estimate of drug-likeness (QED) is 0.260. The van der Waals surface area contributed by atoms with E-state index >= 15 is 0 Å². The molecule has 2 nitrogen and oxygen atoms in total. The number of hydrogen-bond donors (Lipinski definition) is 1. The lowest BCUT2D eigenvalue weighted by Gasteiger charge is -2.40. The summed E-state index contributed by atoms with van der Waals surface area (Å²) >= 11 is 3.59. The van der Waals surface area contributed by atoms with Gasteiger partial charge in [-0.15, -0.1) is 22.7 Å². The largest absolute Gasteiger partial charge is 0.365 e. The van der Waals surface area contributed by atoms with E-state index in [4.69, 9.17) is 0 Å². The molecule has 0 saturated carbocycles. The van der Waals surface area contributed by atoms with E-state index in [1.54, 1.807) is 22.7 Å². The molecule has 4 heterocycles. The van der Waals surface area contributed by atoms with E-state index in [0.717, 1.165) is 5.69 Å². The Kier molecular flexibility index (Phi) is 3.93. The van der Waals surface area contributed by atoms with Crippen molar-refractivity contribution in [1.82, 2.24) is 4.57 Å². The first kappa shape index (κ1) is 19.4. The van der Waals surface area contributed by atoms with Crippen LogP contribution in [0, 0.1) is 0 Å². The van der Waals surface area contributed by atoms with Crippen molar-refractivity contribution in [2.45, 2.75) is 5.54 Å². The Morgan fingerprint density at radius 3 is 1.91 bits per heavy atom. The number of benzene rings is 3. The molecule has 4 heteroatoms. The highest BCUT2D eigenvalue weighted by Gasteiger charge is 2.49. The number of aromatic nitrogens is 1. The highest BCUT2D eigenvalue weighted by molar-refractivity contribution is 7.13. The first-order valence-corrected chi connectivity index (χ1v) is 13.5. The molecule has 0 saturated heterocycles. The Bertz CT molecular complexity index is 1640. The first-order valence-electron chi connectivity index (χ1n) is 11.8. The summed E-state index contributed by atoms with van der Waals surface area (Å²) in [6.07, 6.45) is 2.20. The Balaban J connectivity index is 1.47. The minimum atomic E-state index is -0.469. The second-order valence-electron chi connectivity index (χ2n) is 9.13. The molecule has 0 atom stereocenters. The van der Waals surface area contributed by atoms with Crippen LogP contribution in [0.2, 0.25) is 0 Å². The van der Waals surface area contributed by atoms with Crippen LogP contribution in [0.25, 0.3) is 37.7 Å². The average molecular weight is 485 g/mol. The number of thiophene rings is 2. The van der Waals surface area contributed by atoms with E-state index in [1.165, 1.54) is 54.5 Å². The Morgan fingerprint density at radius 2 is 1.29 bits per heavy atom. The van der Waals surface area contributed by atoms with Crippen LogP contribution in [-0.4, -0.2) is 4.57 Å². The van der Waals surface area contributed by atoms with Crippen LogP contribution in [0.1, 0.15) is 16.8 Å². The molecule has 8 rings (SSSR count). The van der Waals surface area contributed by atoms with Gasteiger partial charge in [-0.3, -0.25) is 0 Å². The van der Waals surface area contributed by atoms with Crippen LogP contribution in [0.4, 0.5) is 5.69 Å². The molecule has 3 aromatic heterocycles. The van der Waals surface area contributed by atoms with E-state index in [-0.39, 0.29) is 0 Å². The zero-order chi connectivity index (χ0) is 23.0. The Hall–Kier alpha value is -3.86. The lowest BCUT2D eigenvalue weighted by Crippen LogP contribution is -2.41. The lowest BCUT2D eigenvalue weighted by molar-refractivity contribution is 0.662. The smallest absolute Gasteiger partial charge is 0.131 e. The van der Waals surface area contributed by atoms with E-state index in [2.05, 4.69) is 124 Å². The summed E-state index contributed by atoms with van der Waals surface area (Å²) in [7, 11) is 0. The van der Waals surface area contributed by atoms with Gasteiger partial charge in [0.15, 0.2) is 0 Å². The van der Waals surface area contributed by atoms with Crippen molar-refractivity contribution in [3.8, 4) is 37.7 Å². The maximum absolute atomic E-state index is 4.06. The predicted octanol–water partition coefficient (Wildman–Crippen LogP) is 8.63. The van der Waals surface area contributed by atoms with Gasteiger partial charge in [0.2, 0.25) is 0 Å². The fraction of sp³-hybridized carbons (Fsp3) is 0.0323. The number of rotatable bonds is 2. The first-order chi connectivity index (χ1) is 17.3. The van der Waals surface area contributed by atoms with Crippen LogP contribution in [0.3, 0.4) is 0 Å². The molecular weight excluding hydrogens is 464 g/mol. The number of para-hydroxylation sites is 2. The van der Waals surface area contributed by atoms with Crippen LogP contribution in [0.15, 0.2) is 114 Å². The fourth-order valence-electron chi connectivity index (χ4n) is 5.88. The van der Waals surface area contributed by atoms with Crippen molar-refractivity contribution >= 4 is 28.4 Å². The van der Waals surface area contributed by atoms with Gasteiger partial charge in [0.25, 0.3) is 0 Å². The Labute approximate surface area is 211 Å². The molecule has 1 aliphatic carbocycles. The van der Waals surface area contributed by atoms with Gasteiger partial charge >= 0.3 is 0 Å². The minimum absolute atomic E-state index is 0.469. The van der Waals surface area contributed by atoms with Crippen molar-refractivity contribution in [3.63, 3.8) is 0 Å². The summed E-state index contributed by atoms with van der Waals surface area (Å²) in [6, 6.07) is 35.8. The van der Waals surface area contributed by atoms with Gasteiger partial charge in [0.05, 0.1) is 17.1 Å². The third kappa shape index (κ3) is 2.58. The van der Waals surface area contributed by atoms with Crippen molar-refractivity contribution in [3.05, 3.63) is 131 Å². The monoisotopic (exact) mass is 484 g/mol. The maximum Gasteiger partial charge on any atom is 0.131 e. The molecule has 0 radical (unpaired) electrons. The molecule has 1 spiro atoms. The van der Waals surface area contributed by atoms with Gasteiger partial charge in [-0.05, 0) is 92.7 Å². The molecule has 2 aliphatic rings. The number of fused-ring (bicyclic) bond motifs is 9. The SMILES string of the molecule is c1csc(-c2ccc3c(c2)C2(Nc4ccccc4-n4cccc42)c2cc(-c4cccs4)ccc2-3)c1. The number of nitrogens with zero attached hydrogens (tertiary/aromatic N) is 1. The summed E-state index contributed by atoms with van der Waals surface area (Å²) in [5, 5.41) is 8.36.